The van der Waals surface area contributed by atoms with E-state index >= 15 is 0 Å². The molecule has 0 aliphatic heterocycles. The number of carbonyl (C=O) groups is 1. The lowest BCUT2D eigenvalue weighted by Crippen LogP contribution is -2.38. The van der Waals surface area contributed by atoms with E-state index in [1.807, 2.05) is 121 Å². The van der Waals surface area contributed by atoms with Crippen molar-refractivity contribution < 1.29 is 23.8 Å². The summed E-state index contributed by atoms with van der Waals surface area (Å²) in [6.45, 7) is 4.99. The van der Waals surface area contributed by atoms with Crippen molar-refractivity contribution in [2.45, 2.75) is 39.4 Å². The van der Waals surface area contributed by atoms with Crippen molar-refractivity contribution in [2.24, 2.45) is 0 Å². The first kappa shape index (κ1) is 28.6. The Morgan fingerprint density at radius 3 is 2.19 bits per heavy atom. The van der Waals surface area contributed by atoms with Crippen LogP contribution in [0.15, 0.2) is 114 Å². The van der Waals surface area contributed by atoms with E-state index in [1.165, 1.54) is 0 Å². The van der Waals surface area contributed by atoms with Gasteiger partial charge >= 0.3 is 5.97 Å². The molecule has 0 aliphatic carbocycles. The highest BCUT2D eigenvalue weighted by molar-refractivity contribution is 5.72. The van der Waals surface area contributed by atoms with Crippen LogP contribution in [0.2, 0.25) is 0 Å². The SMILES string of the molecule is Cc1oc(-c2ccccc2)nc1CCOc1cccc(CN(Cc2ccc(Oc3ccccc3)cc2)[C@H](C)C(=O)O)c1. The minimum absolute atomic E-state index is 0.442. The molecule has 1 atom stereocenters. The van der Waals surface area contributed by atoms with Crippen molar-refractivity contribution >= 4 is 5.97 Å². The highest BCUT2D eigenvalue weighted by Crippen LogP contribution is 2.24. The molecule has 214 valence electrons. The van der Waals surface area contributed by atoms with Gasteiger partial charge in [0.1, 0.15) is 29.1 Å². The van der Waals surface area contributed by atoms with Gasteiger partial charge in [0.15, 0.2) is 0 Å². The zero-order valence-electron chi connectivity index (χ0n) is 23.8. The number of aryl methyl sites for hydroxylation is 1. The van der Waals surface area contributed by atoms with E-state index < -0.39 is 12.0 Å². The molecule has 0 saturated carbocycles. The first-order valence-corrected chi connectivity index (χ1v) is 14.0. The lowest BCUT2D eigenvalue weighted by Gasteiger charge is -2.26. The number of rotatable bonds is 13. The summed E-state index contributed by atoms with van der Waals surface area (Å²) in [6, 6.07) is 34.3. The van der Waals surface area contributed by atoms with Crippen LogP contribution in [0.1, 0.15) is 29.5 Å². The second kappa shape index (κ2) is 13.7. The number of hydrogen-bond donors (Lipinski definition) is 1. The monoisotopic (exact) mass is 562 g/mol. The number of oxazole rings is 1. The fourth-order valence-corrected chi connectivity index (χ4v) is 4.61. The van der Waals surface area contributed by atoms with Gasteiger partial charge in [-0.1, -0.05) is 60.7 Å². The Labute approximate surface area is 246 Å². The van der Waals surface area contributed by atoms with Crippen LogP contribution in [0.5, 0.6) is 17.2 Å². The summed E-state index contributed by atoms with van der Waals surface area (Å²) in [6.07, 6.45) is 0.610. The van der Waals surface area contributed by atoms with Crippen LogP contribution in [0, 0.1) is 6.92 Å². The second-order valence-electron chi connectivity index (χ2n) is 10.1. The zero-order chi connectivity index (χ0) is 29.3. The Morgan fingerprint density at radius 1 is 0.833 bits per heavy atom. The first-order valence-electron chi connectivity index (χ1n) is 14.0. The average molecular weight is 563 g/mol. The van der Waals surface area contributed by atoms with Crippen LogP contribution in [0.3, 0.4) is 0 Å². The molecule has 1 aromatic heterocycles. The number of hydrogen-bond acceptors (Lipinski definition) is 6. The van der Waals surface area contributed by atoms with E-state index in [9.17, 15) is 9.90 Å². The Balaban J connectivity index is 1.20. The summed E-state index contributed by atoms with van der Waals surface area (Å²) in [7, 11) is 0. The van der Waals surface area contributed by atoms with E-state index in [2.05, 4.69) is 4.98 Å². The molecule has 0 fully saturated rings. The van der Waals surface area contributed by atoms with Crippen LogP contribution in [-0.2, 0) is 24.3 Å². The molecule has 7 heteroatoms. The summed E-state index contributed by atoms with van der Waals surface area (Å²) in [5.41, 5.74) is 3.77. The van der Waals surface area contributed by atoms with Crippen molar-refractivity contribution in [3.63, 3.8) is 0 Å². The van der Waals surface area contributed by atoms with Gasteiger partial charge in [-0.05, 0) is 73.5 Å². The van der Waals surface area contributed by atoms with Crippen LogP contribution in [0.4, 0.5) is 0 Å². The third-order valence-electron chi connectivity index (χ3n) is 7.00. The predicted molar refractivity (Wildman–Crippen MR) is 162 cm³/mol. The van der Waals surface area contributed by atoms with Gasteiger partial charge in [0.25, 0.3) is 0 Å². The molecule has 1 heterocycles. The summed E-state index contributed by atoms with van der Waals surface area (Å²) in [4.78, 5) is 18.5. The standard InChI is InChI=1S/C35H34N2O5/c1-25(35(38)39)37(23-27-16-18-31(19-17-27)42-30-13-7-4-8-14-30)24-28-10-9-15-32(22-28)40-21-20-33-26(2)41-34(36-33)29-11-5-3-6-12-29/h3-19,22,25H,20-21,23-24H2,1-2H3,(H,38,39)/t25-/m1/s1. The Hall–Kier alpha value is -4.88. The predicted octanol–water partition coefficient (Wildman–Crippen LogP) is 7.54. The van der Waals surface area contributed by atoms with Gasteiger partial charge in [-0.15, -0.1) is 0 Å². The Kier molecular flexibility index (Phi) is 9.31. The van der Waals surface area contributed by atoms with Crippen LogP contribution < -0.4 is 9.47 Å². The third-order valence-corrected chi connectivity index (χ3v) is 7.00. The third kappa shape index (κ3) is 7.65. The molecule has 4 aromatic carbocycles. The summed E-state index contributed by atoms with van der Waals surface area (Å²) < 4.78 is 17.8. The maximum Gasteiger partial charge on any atom is 0.320 e. The Morgan fingerprint density at radius 2 is 1.48 bits per heavy atom. The number of nitrogens with zero attached hydrogens (tertiary/aromatic N) is 2. The number of aliphatic carboxylic acids is 1. The number of benzene rings is 4. The molecule has 0 saturated heterocycles. The molecule has 0 unspecified atom stereocenters. The van der Waals surface area contributed by atoms with Crippen LogP contribution in [-0.4, -0.2) is 33.6 Å². The van der Waals surface area contributed by atoms with Gasteiger partial charge in [0, 0.05) is 25.1 Å². The highest BCUT2D eigenvalue weighted by Gasteiger charge is 2.21. The van der Waals surface area contributed by atoms with Gasteiger partial charge in [-0.3, -0.25) is 9.69 Å². The van der Waals surface area contributed by atoms with E-state index in [0.717, 1.165) is 45.4 Å². The molecule has 1 N–H and O–H groups in total. The lowest BCUT2D eigenvalue weighted by molar-refractivity contribution is -0.143. The average Bonchev–Trinajstić information content (AvgIpc) is 3.38. The number of aromatic nitrogens is 1. The minimum atomic E-state index is -0.871. The first-order chi connectivity index (χ1) is 20.4. The summed E-state index contributed by atoms with van der Waals surface area (Å²) >= 11 is 0. The molecule has 5 rings (SSSR count). The van der Waals surface area contributed by atoms with E-state index in [0.29, 0.717) is 32.0 Å². The number of carboxylic acids is 1. The zero-order valence-corrected chi connectivity index (χ0v) is 23.8. The second-order valence-corrected chi connectivity index (χ2v) is 10.1. The van der Waals surface area contributed by atoms with Gasteiger partial charge in [0.2, 0.25) is 5.89 Å². The van der Waals surface area contributed by atoms with Crippen molar-refractivity contribution in [1.29, 1.82) is 0 Å². The minimum Gasteiger partial charge on any atom is -0.493 e. The molecule has 0 spiro atoms. The molecule has 7 nitrogen and oxygen atoms in total. The number of ether oxygens (including phenoxy) is 2. The quantitative estimate of drug-likeness (QED) is 0.159. The van der Waals surface area contributed by atoms with Crippen LogP contribution in [0.25, 0.3) is 11.5 Å². The van der Waals surface area contributed by atoms with Crippen molar-refractivity contribution in [1.82, 2.24) is 9.88 Å². The normalized spacial score (nSPS) is 11.8. The largest absolute Gasteiger partial charge is 0.493 e. The highest BCUT2D eigenvalue weighted by atomic mass is 16.5. The van der Waals surface area contributed by atoms with Crippen molar-refractivity contribution in [2.75, 3.05) is 6.61 Å². The van der Waals surface area contributed by atoms with Gasteiger partial charge < -0.3 is 19.0 Å². The lowest BCUT2D eigenvalue weighted by atomic mass is 10.1. The van der Waals surface area contributed by atoms with Gasteiger partial charge in [-0.2, -0.15) is 0 Å². The van der Waals surface area contributed by atoms with E-state index in [4.69, 9.17) is 13.9 Å². The molecule has 5 aromatic rings. The number of carboxylic acid groups (broad SMARTS) is 1. The van der Waals surface area contributed by atoms with Crippen LogP contribution >= 0.6 is 0 Å². The molecule has 42 heavy (non-hydrogen) atoms. The molecular formula is C35H34N2O5. The summed E-state index contributed by atoms with van der Waals surface area (Å²) in [5, 5.41) is 9.79. The number of para-hydroxylation sites is 1. The van der Waals surface area contributed by atoms with Crippen molar-refractivity contribution in [3.05, 3.63) is 132 Å². The topological polar surface area (TPSA) is 85.0 Å². The smallest absolute Gasteiger partial charge is 0.320 e. The fraction of sp³-hybridized carbons (Fsp3) is 0.200. The fourth-order valence-electron chi connectivity index (χ4n) is 4.61. The van der Waals surface area contributed by atoms with E-state index in [-0.39, 0.29) is 0 Å². The van der Waals surface area contributed by atoms with E-state index in [1.54, 1.807) is 6.92 Å². The maximum absolute atomic E-state index is 11.9. The van der Waals surface area contributed by atoms with Crippen molar-refractivity contribution in [3.8, 4) is 28.7 Å². The molecule has 0 amide bonds. The summed E-state index contributed by atoms with van der Waals surface area (Å²) in [5.74, 6) is 2.73. The van der Waals surface area contributed by atoms with Gasteiger partial charge in [-0.25, -0.2) is 4.98 Å². The molecule has 0 radical (unpaired) electrons. The maximum atomic E-state index is 11.9. The van der Waals surface area contributed by atoms with Gasteiger partial charge in [0.05, 0.1) is 12.3 Å². The molecular weight excluding hydrogens is 528 g/mol. The molecule has 0 bridgehead atoms. The Bertz CT molecular complexity index is 1580. The molecule has 0 aliphatic rings.